The number of hydrogen-bond acceptors (Lipinski definition) is 3. The fraction of sp³-hybridized carbons (Fsp3) is 0.875. The molecule has 0 saturated carbocycles. The molecular formula is C8H16N2O3S. The van der Waals surface area contributed by atoms with Crippen LogP contribution in [0.1, 0.15) is 19.8 Å². The SMILES string of the molecule is CNS(=O)(=O)N1CCC(C(C)=O)CC1. The second kappa shape index (κ2) is 4.37. The van der Waals surface area contributed by atoms with Crippen molar-refractivity contribution in [2.45, 2.75) is 19.8 Å². The maximum absolute atomic E-state index is 11.4. The summed E-state index contributed by atoms with van der Waals surface area (Å²) in [5.41, 5.74) is 0. The molecule has 0 aromatic heterocycles. The van der Waals surface area contributed by atoms with Crippen LogP contribution in [-0.4, -0.2) is 38.6 Å². The van der Waals surface area contributed by atoms with Crippen LogP contribution in [-0.2, 0) is 15.0 Å². The van der Waals surface area contributed by atoms with Crippen molar-refractivity contribution in [3.8, 4) is 0 Å². The molecule has 0 aromatic rings. The molecule has 0 amide bonds. The first-order valence-electron chi connectivity index (χ1n) is 4.66. The van der Waals surface area contributed by atoms with Crippen LogP contribution in [0.5, 0.6) is 0 Å². The van der Waals surface area contributed by atoms with E-state index in [9.17, 15) is 13.2 Å². The highest BCUT2D eigenvalue weighted by Crippen LogP contribution is 2.19. The van der Waals surface area contributed by atoms with Crippen molar-refractivity contribution in [1.82, 2.24) is 9.03 Å². The van der Waals surface area contributed by atoms with Gasteiger partial charge in [0.2, 0.25) is 0 Å². The Morgan fingerprint density at radius 2 is 1.86 bits per heavy atom. The molecule has 5 nitrogen and oxygen atoms in total. The molecule has 1 heterocycles. The number of nitrogens with zero attached hydrogens (tertiary/aromatic N) is 1. The van der Waals surface area contributed by atoms with E-state index < -0.39 is 10.2 Å². The molecule has 1 N–H and O–H groups in total. The number of nitrogens with one attached hydrogen (secondary N) is 1. The second-order valence-electron chi connectivity index (χ2n) is 3.49. The molecule has 0 bridgehead atoms. The Morgan fingerprint density at radius 1 is 1.36 bits per heavy atom. The quantitative estimate of drug-likeness (QED) is 0.713. The molecule has 6 heteroatoms. The van der Waals surface area contributed by atoms with Gasteiger partial charge in [-0.3, -0.25) is 4.79 Å². The van der Waals surface area contributed by atoms with Gasteiger partial charge in [-0.05, 0) is 19.8 Å². The summed E-state index contributed by atoms with van der Waals surface area (Å²) in [6.07, 6.45) is 1.27. The molecular weight excluding hydrogens is 204 g/mol. The number of ketones is 1. The summed E-state index contributed by atoms with van der Waals surface area (Å²) in [4.78, 5) is 11.0. The summed E-state index contributed by atoms with van der Waals surface area (Å²) in [6.45, 7) is 2.44. The minimum Gasteiger partial charge on any atom is -0.300 e. The molecule has 0 radical (unpaired) electrons. The average Bonchev–Trinajstić information content (AvgIpc) is 2.18. The predicted molar refractivity (Wildman–Crippen MR) is 53.0 cm³/mol. The maximum Gasteiger partial charge on any atom is 0.279 e. The summed E-state index contributed by atoms with van der Waals surface area (Å²) in [7, 11) is -1.90. The molecule has 0 unspecified atom stereocenters. The van der Waals surface area contributed by atoms with Crippen molar-refractivity contribution in [1.29, 1.82) is 0 Å². The van der Waals surface area contributed by atoms with Crippen molar-refractivity contribution >= 4 is 16.0 Å². The van der Waals surface area contributed by atoms with Crippen LogP contribution < -0.4 is 4.72 Å². The molecule has 0 aromatic carbocycles. The number of carbonyl (C=O) groups is 1. The van der Waals surface area contributed by atoms with Gasteiger partial charge >= 0.3 is 0 Å². The lowest BCUT2D eigenvalue weighted by atomic mass is 9.95. The Bertz CT molecular complexity index is 305. The fourth-order valence-corrected chi connectivity index (χ4v) is 2.58. The average molecular weight is 220 g/mol. The smallest absolute Gasteiger partial charge is 0.279 e. The highest BCUT2D eigenvalue weighted by atomic mass is 32.2. The molecule has 1 rings (SSSR count). The Morgan fingerprint density at radius 3 is 2.21 bits per heavy atom. The van der Waals surface area contributed by atoms with Gasteiger partial charge in [-0.1, -0.05) is 0 Å². The van der Waals surface area contributed by atoms with Gasteiger partial charge in [-0.25, -0.2) is 4.72 Å². The lowest BCUT2D eigenvalue weighted by Gasteiger charge is -2.29. The topological polar surface area (TPSA) is 66.5 Å². The van der Waals surface area contributed by atoms with Crippen LogP contribution in [0.2, 0.25) is 0 Å². The summed E-state index contributed by atoms with van der Waals surface area (Å²) in [5.74, 6) is 0.199. The molecule has 1 fully saturated rings. The van der Waals surface area contributed by atoms with E-state index in [-0.39, 0.29) is 11.7 Å². The Kier molecular flexibility index (Phi) is 3.63. The van der Waals surface area contributed by atoms with Crippen LogP contribution in [0.4, 0.5) is 0 Å². The lowest BCUT2D eigenvalue weighted by molar-refractivity contribution is -0.121. The van der Waals surface area contributed by atoms with E-state index >= 15 is 0 Å². The Balaban J connectivity index is 2.56. The third kappa shape index (κ3) is 2.52. The van der Waals surface area contributed by atoms with Gasteiger partial charge in [0, 0.05) is 26.1 Å². The normalized spacial score (nSPS) is 21.0. The maximum atomic E-state index is 11.4. The van der Waals surface area contributed by atoms with Crippen molar-refractivity contribution in [2.24, 2.45) is 5.92 Å². The zero-order valence-electron chi connectivity index (χ0n) is 8.49. The molecule has 1 aliphatic heterocycles. The van der Waals surface area contributed by atoms with Gasteiger partial charge in [0.25, 0.3) is 10.2 Å². The van der Waals surface area contributed by atoms with E-state index in [1.165, 1.54) is 11.4 Å². The third-order valence-electron chi connectivity index (χ3n) is 2.63. The molecule has 1 saturated heterocycles. The largest absolute Gasteiger partial charge is 0.300 e. The van der Waals surface area contributed by atoms with Gasteiger partial charge in [0.1, 0.15) is 5.78 Å². The summed E-state index contributed by atoms with van der Waals surface area (Å²) in [5, 5.41) is 0. The van der Waals surface area contributed by atoms with Gasteiger partial charge in [-0.15, -0.1) is 0 Å². The van der Waals surface area contributed by atoms with Crippen LogP contribution in [0.15, 0.2) is 0 Å². The number of carbonyl (C=O) groups excluding carboxylic acids is 1. The van der Waals surface area contributed by atoms with Crippen LogP contribution in [0.3, 0.4) is 0 Å². The number of rotatable bonds is 3. The minimum atomic E-state index is -3.30. The van der Waals surface area contributed by atoms with E-state index in [1.54, 1.807) is 6.92 Å². The van der Waals surface area contributed by atoms with Crippen molar-refractivity contribution < 1.29 is 13.2 Å². The van der Waals surface area contributed by atoms with Crippen molar-refractivity contribution in [3.05, 3.63) is 0 Å². The van der Waals surface area contributed by atoms with E-state index in [0.717, 1.165) is 0 Å². The molecule has 14 heavy (non-hydrogen) atoms. The van der Waals surface area contributed by atoms with Gasteiger partial charge in [0.05, 0.1) is 0 Å². The first-order valence-corrected chi connectivity index (χ1v) is 6.10. The van der Waals surface area contributed by atoms with E-state index in [1.807, 2.05) is 0 Å². The first-order chi connectivity index (χ1) is 6.47. The fourth-order valence-electron chi connectivity index (χ4n) is 1.63. The second-order valence-corrected chi connectivity index (χ2v) is 5.37. The van der Waals surface area contributed by atoms with Crippen LogP contribution in [0.25, 0.3) is 0 Å². The Labute approximate surface area is 84.7 Å². The highest BCUT2D eigenvalue weighted by molar-refractivity contribution is 7.87. The molecule has 0 aliphatic carbocycles. The Hall–Kier alpha value is -0.460. The standard InChI is InChI=1S/C8H16N2O3S/c1-7(11)8-3-5-10(6-4-8)14(12,13)9-2/h8-9H,3-6H2,1-2H3. The van der Waals surface area contributed by atoms with Gasteiger partial charge in [-0.2, -0.15) is 12.7 Å². The number of hydrogen-bond donors (Lipinski definition) is 1. The van der Waals surface area contributed by atoms with E-state index in [4.69, 9.17) is 0 Å². The van der Waals surface area contributed by atoms with Gasteiger partial charge in [0.15, 0.2) is 0 Å². The lowest BCUT2D eigenvalue weighted by Crippen LogP contribution is -2.44. The predicted octanol–water partition coefficient (Wildman–Crippen LogP) is -0.248. The molecule has 1 aliphatic rings. The number of Topliss-reactive ketones (excluding diaryl/α,β-unsaturated/α-hetero) is 1. The summed E-state index contributed by atoms with van der Waals surface area (Å²) in [6, 6.07) is 0. The molecule has 0 spiro atoms. The van der Waals surface area contributed by atoms with Crippen LogP contribution >= 0.6 is 0 Å². The van der Waals surface area contributed by atoms with E-state index in [2.05, 4.69) is 4.72 Å². The van der Waals surface area contributed by atoms with Gasteiger partial charge < -0.3 is 0 Å². The third-order valence-corrected chi connectivity index (χ3v) is 4.19. The first kappa shape index (κ1) is 11.6. The van der Waals surface area contributed by atoms with Crippen molar-refractivity contribution in [2.75, 3.05) is 20.1 Å². The van der Waals surface area contributed by atoms with Crippen LogP contribution in [0, 0.1) is 5.92 Å². The zero-order valence-corrected chi connectivity index (χ0v) is 9.30. The van der Waals surface area contributed by atoms with Crippen molar-refractivity contribution in [3.63, 3.8) is 0 Å². The highest BCUT2D eigenvalue weighted by Gasteiger charge is 2.28. The molecule has 0 atom stereocenters. The summed E-state index contributed by atoms with van der Waals surface area (Å²) < 4.78 is 26.4. The molecule has 82 valence electrons. The van der Waals surface area contributed by atoms with E-state index in [0.29, 0.717) is 25.9 Å². The number of piperidine rings is 1. The summed E-state index contributed by atoms with van der Waals surface area (Å²) >= 11 is 0. The minimum absolute atomic E-state index is 0.0401. The monoisotopic (exact) mass is 220 g/mol. The zero-order chi connectivity index (χ0) is 10.8.